The second kappa shape index (κ2) is 7.44. The molecule has 1 aliphatic rings. The number of hydrogen-bond donors (Lipinski definition) is 1. The van der Waals surface area contributed by atoms with Crippen LogP contribution in [-0.2, 0) is 9.53 Å². The van der Waals surface area contributed by atoms with E-state index in [0.717, 1.165) is 16.8 Å². The number of aryl methyl sites for hydroxylation is 2. The van der Waals surface area contributed by atoms with Crippen molar-refractivity contribution < 1.29 is 14.3 Å². The van der Waals surface area contributed by atoms with Crippen LogP contribution in [0.2, 0.25) is 0 Å². The van der Waals surface area contributed by atoms with Gasteiger partial charge in [0.1, 0.15) is 6.61 Å². The fourth-order valence-corrected chi connectivity index (χ4v) is 2.91. The molecule has 2 amide bonds. The van der Waals surface area contributed by atoms with Gasteiger partial charge in [0.2, 0.25) is 0 Å². The Balaban J connectivity index is 1.64. The van der Waals surface area contributed by atoms with Gasteiger partial charge in [-0.15, -0.1) is 0 Å². The molecule has 6 nitrogen and oxygen atoms in total. The average molecular weight is 339 g/mol. The highest BCUT2D eigenvalue weighted by Crippen LogP contribution is 2.21. The predicted octanol–water partition coefficient (Wildman–Crippen LogP) is 1.86. The van der Waals surface area contributed by atoms with Crippen LogP contribution in [0.3, 0.4) is 0 Å². The molecule has 1 saturated heterocycles. The first-order valence-corrected chi connectivity index (χ1v) is 8.21. The van der Waals surface area contributed by atoms with E-state index < -0.39 is 0 Å². The summed E-state index contributed by atoms with van der Waals surface area (Å²) in [5, 5.41) is 2.84. The lowest BCUT2D eigenvalue weighted by molar-refractivity contribution is -0.129. The number of rotatable bonds is 4. The van der Waals surface area contributed by atoms with Gasteiger partial charge in [-0.3, -0.25) is 14.6 Å². The second-order valence-corrected chi connectivity index (χ2v) is 6.23. The highest BCUT2D eigenvalue weighted by atomic mass is 16.5. The maximum atomic E-state index is 12.2. The molecule has 0 bridgehead atoms. The van der Waals surface area contributed by atoms with E-state index >= 15 is 0 Å². The summed E-state index contributed by atoms with van der Waals surface area (Å²) < 4.78 is 5.57. The fraction of sp³-hybridized carbons (Fsp3) is 0.316. The maximum Gasteiger partial charge on any atom is 0.253 e. The van der Waals surface area contributed by atoms with Crippen molar-refractivity contribution >= 4 is 17.5 Å². The molecule has 1 N–H and O–H groups in total. The molecule has 0 saturated carbocycles. The van der Waals surface area contributed by atoms with Crippen LogP contribution in [0.15, 0.2) is 42.7 Å². The molecule has 2 aromatic rings. The number of benzene rings is 1. The molecule has 1 aliphatic heterocycles. The highest BCUT2D eigenvalue weighted by Gasteiger charge is 2.28. The van der Waals surface area contributed by atoms with E-state index in [-0.39, 0.29) is 24.5 Å². The van der Waals surface area contributed by atoms with E-state index in [1.54, 1.807) is 23.2 Å². The first-order valence-electron chi connectivity index (χ1n) is 8.21. The third-order valence-electron chi connectivity index (χ3n) is 4.06. The van der Waals surface area contributed by atoms with Gasteiger partial charge in [0.05, 0.1) is 18.2 Å². The van der Waals surface area contributed by atoms with Gasteiger partial charge in [-0.25, -0.2) is 0 Å². The molecular formula is C19H21N3O3. The number of aromatic nitrogens is 1. The van der Waals surface area contributed by atoms with Crippen LogP contribution in [0.5, 0.6) is 0 Å². The van der Waals surface area contributed by atoms with Crippen molar-refractivity contribution in [1.82, 2.24) is 10.3 Å². The molecule has 0 spiro atoms. The molecule has 0 radical (unpaired) electrons. The Bertz CT molecular complexity index is 756. The van der Waals surface area contributed by atoms with Gasteiger partial charge in [-0.2, -0.15) is 0 Å². The standard InChI is InChI=1S/C19H21N3O3/c1-13-6-14(2)8-16(7-13)22-11-17(25-12-18(22)23)10-21-19(24)15-4-3-5-20-9-15/h3-9,17H,10-12H2,1-2H3,(H,21,24). The Kier molecular flexibility index (Phi) is 5.09. The van der Waals surface area contributed by atoms with E-state index in [0.29, 0.717) is 18.7 Å². The Morgan fingerprint density at radius 2 is 2.08 bits per heavy atom. The molecule has 2 heterocycles. The first-order chi connectivity index (χ1) is 12.0. The molecular weight excluding hydrogens is 318 g/mol. The van der Waals surface area contributed by atoms with Gasteiger partial charge < -0.3 is 15.0 Å². The number of amides is 2. The number of pyridine rings is 1. The zero-order chi connectivity index (χ0) is 17.8. The molecule has 25 heavy (non-hydrogen) atoms. The summed E-state index contributed by atoms with van der Waals surface area (Å²) in [6, 6.07) is 9.46. The summed E-state index contributed by atoms with van der Waals surface area (Å²) in [5.74, 6) is -0.272. The number of carbonyl (C=O) groups is 2. The van der Waals surface area contributed by atoms with E-state index in [9.17, 15) is 9.59 Å². The molecule has 130 valence electrons. The SMILES string of the molecule is Cc1cc(C)cc(N2CC(CNC(=O)c3cccnc3)OCC2=O)c1. The number of ether oxygens (including phenoxy) is 1. The van der Waals surface area contributed by atoms with Crippen LogP contribution in [0.4, 0.5) is 5.69 Å². The van der Waals surface area contributed by atoms with Crippen molar-refractivity contribution in [2.75, 3.05) is 24.6 Å². The van der Waals surface area contributed by atoms with Gasteiger partial charge in [0, 0.05) is 24.6 Å². The van der Waals surface area contributed by atoms with Crippen LogP contribution in [-0.4, -0.2) is 42.6 Å². The zero-order valence-electron chi connectivity index (χ0n) is 14.4. The normalized spacial score (nSPS) is 17.4. The van der Waals surface area contributed by atoms with Crippen LogP contribution in [0.1, 0.15) is 21.5 Å². The molecule has 1 atom stereocenters. The largest absolute Gasteiger partial charge is 0.365 e. The third-order valence-corrected chi connectivity index (χ3v) is 4.06. The van der Waals surface area contributed by atoms with Crippen molar-refractivity contribution in [1.29, 1.82) is 0 Å². The zero-order valence-corrected chi connectivity index (χ0v) is 14.4. The van der Waals surface area contributed by atoms with E-state index in [2.05, 4.69) is 16.4 Å². The number of nitrogens with zero attached hydrogens (tertiary/aromatic N) is 2. The smallest absolute Gasteiger partial charge is 0.253 e. The van der Waals surface area contributed by atoms with Crippen molar-refractivity contribution in [3.8, 4) is 0 Å². The summed E-state index contributed by atoms with van der Waals surface area (Å²) in [5.41, 5.74) is 3.58. The summed E-state index contributed by atoms with van der Waals surface area (Å²) in [7, 11) is 0. The number of hydrogen-bond acceptors (Lipinski definition) is 4. The second-order valence-electron chi connectivity index (χ2n) is 6.23. The summed E-state index contributed by atoms with van der Waals surface area (Å²) in [6.45, 7) is 4.78. The van der Waals surface area contributed by atoms with E-state index in [4.69, 9.17) is 4.74 Å². The summed E-state index contributed by atoms with van der Waals surface area (Å²) in [6.07, 6.45) is 2.88. The molecule has 1 aromatic heterocycles. The molecule has 6 heteroatoms. The molecule has 3 rings (SSSR count). The monoisotopic (exact) mass is 339 g/mol. The van der Waals surface area contributed by atoms with Crippen LogP contribution in [0.25, 0.3) is 0 Å². The van der Waals surface area contributed by atoms with E-state index in [1.165, 1.54) is 6.20 Å². The Morgan fingerprint density at radius 1 is 1.32 bits per heavy atom. The Labute approximate surface area is 146 Å². The number of anilines is 1. The quantitative estimate of drug-likeness (QED) is 0.923. The predicted molar refractivity (Wildman–Crippen MR) is 94.6 cm³/mol. The number of carbonyl (C=O) groups excluding carboxylic acids is 2. The van der Waals surface area contributed by atoms with Crippen LogP contribution >= 0.6 is 0 Å². The summed E-state index contributed by atoms with van der Waals surface area (Å²) in [4.78, 5) is 30.0. The lowest BCUT2D eigenvalue weighted by Gasteiger charge is -2.33. The first kappa shape index (κ1) is 17.1. The van der Waals surface area contributed by atoms with Crippen molar-refractivity contribution in [3.63, 3.8) is 0 Å². The van der Waals surface area contributed by atoms with Gasteiger partial charge in [0.15, 0.2) is 0 Å². The lowest BCUT2D eigenvalue weighted by Crippen LogP contribution is -2.50. The van der Waals surface area contributed by atoms with Gasteiger partial charge >= 0.3 is 0 Å². The third kappa shape index (κ3) is 4.22. The minimum Gasteiger partial charge on any atom is -0.365 e. The summed E-state index contributed by atoms with van der Waals surface area (Å²) >= 11 is 0. The van der Waals surface area contributed by atoms with Crippen molar-refractivity contribution in [2.24, 2.45) is 0 Å². The number of nitrogens with one attached hydrogen (secondary N) is 1. The Morgan fingerprint density at radius 3 is 2.76 bits per heavy atom. The number of morpholine rings is 1. The molecule has 1 unspecified atom stereocenters. The van der Waals surface area contributed by atoms with Crippen LogP contribution < -0.4 is 10.2 Å². The van der Waals surface area contributed by atoms with Crippen molar-refractivity contribution in [3.05, 3.63) is 59.4 Å². The minimum absolute atomic E-state index is 0.0143. The highest BCUT2D eigenvalue weighted by molar-refractivity contribution is 5.95. The topological polar surface area (TPSA) is 71.5 Å². The van der Waals surface area contributed by atoms with Gasteiger partial charge in [-0.05, 0) is 49.2 Å². The van der Waals surface area contributed by atoms with Gasteiger partial charge in [0.25, 0.3) is 11.8 Å². The Hall–Kier alpha value is -2.73. The van der Waals surface area contributed by atoms with Crippen LogP contribution in [0, 0.1) is 13.8 Å². The average Bonchev–Trinajstić information content (AvgIpc) is 2.60. The molecule has 1 fully saturated rings. The fourth-order valence-electron chi connectivity index (χ4n) is 2.91. The molecule has 0 aliphatic carbocycles. The minimum atomic E-state index is -0.251. The molecule has 1 aromatic carbocycles. The van der Waals surface area contributed by atoms with E-state index in [1.807, 2.05) is 26.0 Å². The lowest BCUT2D eigenvalue weighted by atomic mass is 10.1. The van der Waals surface area contributed by atoms with Gasteiger partial charge in [-0.1, -0.05) is 6.07 Å². The van der Waals surface area contributed by atoms with Crippen molar-refractivity contribution in [2.45, 2.75) is 20.0 Å². The maximum absolute atomic E-state index is 12.2.